The Bertz CT molecular complexity index is 1090. The lowest BCUT2D eigenvalue weighted by Crippen LogP contribution is -2.15. The smallest absolute Gasteiger partial charge is 0.161 e. The second kappa shape index (κ2) is 7.53. The average molecular weight is 416 g/mol. The van der Waals surface area contributed by atoms with Gasteiger partial charge < -0.3 is 13.9 Å². The first-order valence-corrected chi connectivity index (χ1v) is 9.63. The number of rotatable bonds is 4. The summed E-state index contributed by atoms with van der Waals surface area (Å²) in [6.45, 7) is 2.68. The molecule has 4 nitrogen and oxygen atoms in total. The highest BCUT2D eigenvalue weighted by Crippen LogP contribution is 2.37. The molecule has 2 heterocycles. The van der Waals surface area contributed by atoms with Crippen LogP contribution in [0, 0.1) is 6.92 Å². The number of aliphatic imine (C=N–C) groups is 1. The van der Waals surface area contributed by atoms with Gasteiger partial charge in [-0.25, -0.2) is 0 Å². The largest absolute Gasteiger partial charge is 0.493 e. The van der Waals surface area contributed by atoms with Crippen LogP contribution in [-0.2, 0) is 6.42 Å². The second-order valence-corrected chi connectivity index (χ2v) is 7.44. The Balaban J connectivity index is 1.82. The molecule has 1 aliphatic rings. The third-order valence-electron chi connectivity index (χ3n) is 4.84. The lowest BCUT2D eigenvalue weighted by atomic mass is 9.94. The fraction of sp³-hybridized carbons (Fsp3) is 0.227. The number of nitrogens with zero attached hydrogens (tertiary/aromatic N) is 1. The van der Waals surface area contributed by atoms with E-state index in [0.29, 0.717) is 33.8 Å². The third-order valence-corrected chi connectivity index (χ3v) is 5.41. The van der Waals surface area contributed by atoms with Gasteiger partial charge in [0.1, 0.15) is 11.5 Å². The molecule has 0 radical (unpaired) electrons. The lowest BCUT2D eigenvalue weighted by Gasteiger charge is -2.19. The van der Waals surface area contributed by atoms with Gasteiger partial charge >= 0.3 is 0 Å². The molecule has 0 saturated carbocycles. The average Bonchev–Trinajstić information content (AvgIpc) is 3.09. The maximum Gasteiger partial charge on any atom is 0.161 e. The summed E-state index contributed by atoms with van der Waals surface area (Å²) >= 11 is 12.5. The normalized spacial score (nSPS) is 13.1. The zero-order valence-electron chi connectivity index (χ0n) is 15.8. The summed E-state index contributed by atoms with van der Waals surface area (Å²) in [5.74, 6) is 2.76. The maximum atomic E-state index is 6.35. The lowest BCUT2D eigenvalue weighted by molar-refractivity contribution is 0.354. The Morgan fingerprint density at radius 2 is 1.71 bits per heavy atom. The molecule has 144 valence electrons. The van der Waals surface area contributed by atoms with Crippen molar-refractivity contribution in [3.63, 3.8) is 0 Å². The summed E-state index contributed by atoms with van der Waals surface area (Å²) in [6, 6.07) is 11.3. The van der Waals surface area contributed by atoms with Crippen LogP contribution < -0.4 is 9.47 Å². The molecule has 3 aromatic rings. The van der Waals surface area contributed by atoms with Crippen molar-refractivity contribution in [1.82, 2.24) is 0 Å². The number of hydrogen-bond donors (Lipinski definition) is 0. The van der Waals surface area contributed by atoms with Gasteiger partial charge in [0, 0.05) is 22.7 Å². The number of hydrogen-bond acceptors (Lipinski definition) is 4. The number of furan rings is 1. The Labute approximate surface area is 173 Å². The maximum absolute atomic E-state index is 6.35. The first kappa shape index (κ1) is 18.9. The Kier molecular flexibility index (Phi) is 5.09. The predicted molar refractivity (Wildman–Crippen MR) is 113 cm³/mol. The van der Waals surface area contributed by atoms with Gasteiger partial charge in [-0.3, -0.25) is 4.99 Å². The predicted octanol–water partition coefficient (Wildman–Crippen LogP) is 5.97. The minimum absolute atomic E-state index is 0.585. The Hall–Kier alpha value is -2.43. The molecule has 0 atom stereocenters. The highest BCUT2D eigenvalue weighted by molar-refractivity contribution is 6.35. The van der Waals surface area contributed by atoms with Crippen LogP contribution in [-0.4, -0.2) is 26.5 Å². The number of benzene rings is 2. The van der Waals surface area contributed by atoms with Gasteiger partial charge in [-0.1, -0.05) is 23.2 Å². The fourth-order valence-corrected chi connectivity index (χ4v) is 3.83. The van der Waals surface area contributed by atoms with Gasteiger partial charge in [0.2, 0.25) is 0 Å². The van der Waals surface area contributed by atoms with E-state index in [4.69, 9.17) is 42.1 Å². The molecular weight excluding hydrogens is 397 g/mol. The van der Waals surface area contributed by atoms with Gasteiger partial charge in [0.25, 0.3) is 0 Å². The minimum Gasteiger partial charge on any atom is -0.493 e. The molecule has 6 heteroatoms. The van der Waals surface area contributed by atoms with Crippen molar-refractivity contribution in [1.29, 1.82) is 0 Å². The summed E-state index contributed by atoms with van der Waals surface area (Å²) in [5, 5.41) is 1.19. The number of fused-ring (bicyclic) bond motifs is 1. The van der Waals surface area contributed by atoms with E-state index < -0.39 is 0 Å². The molecule has 1 aliphatic heterocycles. The van der Waals surface area contributed by atoms with E-state index >= 15 is 0 Å². The van der Waals surface area contributed by atoms with E-state index in [9.17, 15) is 0 Å². The van der Waals surface area contributed by atoms with Crippen LogP contribution in [0.1, 0.15) is 22.5 Å². The zero-order valence-corrected chi connectivity index (χ0v) is 17.3. The molecule has 0 unspecified atom stereocenters. The summed E-state index contributed by atoms with van der Waals surface area (Å²) in [7, 11) is 3.26. The highest BCUT2D eigenvalue weighted by atomic mass is 35.5. The summed E-state index contributed by atoms with van der Waals surface area (Å²) in [4.78, 5) is 4.75. The molecule has 1 aromatic heterocycles. The molecule has 0 amide bonds. The van der Waals surface area contributed by atoms with Crippen LogP contribution in [0.25, 0.3) is 11.3 Å². The van der Waals surface area contributed by atoms with Crippen molar-refractivity contribution in [3.05, 3.63) is 68.9 Å². The van der Waals surface area contributed by atoms with Crippen LogP contribution in [0.15, 0.2) is 45.8 Å². The highest BCUT2D eigenvalue weighted by Gasteiger charge is 2.24. The topological polar surface area (TPSA) is 44.0 Å². The van der Waals surface area contributed by atoms with Gasteiger partial charge in [0.05, 0.1) is 19.2 Å². The van der Waals surface area contributed by atoms with Crippen molar-refractivity contribution in [2.24, 2.45) is 4.99 Å². The van der Waals surface area contributed by atoms with Gasteiger partial charge in [-0.05, 0) is 60.9 Å². The van der Waals surface area contributed by atoms with E-state index in [1.807, 2.05) is 25.1 Å². The van der Waals surface area contributed by atoms with Gasteiger partial charge in [-0.2, -0.15) is 0 Å². The zero-order chi connectivity index (χ0) is 19.8. The number of halogens is 2. The molecule has 28 heavy (non-hydrogen) atoms. The Morgan fingerprint density at radius 1 is 0.964 bits per heavy atom. The van der Waals surface area contributed by atoms with Crippen molar-refractivity contribution in [2.75, 3.05) is 20.8 Å². The molecule has 2 aromatic carbocycles. The van der Waals surface area contributed by atoms with Crippen LogP contribution in [0.5, 0.6) is 11.5 Å². The molecule has 0 spiro atoms. The fourth-order valence-electron chi connectivity index (χ4n) is 3.45. The molecule has 0 bridgehead atoms. The van der Waals surface area contributed by atoms with Crippen LogP contribution in [0.3, 0.4) is 0 Å². The summed E-state index contributed by atoms with van der Waals surface area (Å²) < 4.78 is 17.1. The van der Waals surface area contributed by atoms with E-state index in [-0.39, 0.29) is 0 Å². The van der Waals surface area contributed by atoms with Crippen LogP contribution >= 0.6 is 23.2 Å². The van der Waals surface area contributed by atoms with Crippen LogP contribution in [0.2, 0.25) is 10.0 Å². The van der Waals surface area contributed by atoms with Crippen molar-refractivity contribution in [3.8, 4) is 22.8 Å². The monoisotopic (exact) mass is 415 g/mol. The molecule has 0 aliphatic carbocycles. The molecule has 0 N–H and O–H groups in total. The second-order valence-electron chi connectivity index (χ2n) is 6.59. The van der Waals surface area contributed by atoms with E-state index in [2.05, 4.69) is 0 Å². The Morgan fingerprint density at radius 3 is 2.46 bits per heavy atom. The summed E-state index contributed by atoms with van der Waals surface area (Å²) in [5.41, 5.74) is 4.69. The third kappa shape index (κ3) is 3.27. The number of aryl methyl sites for hydroxylation is 1. The van der Waals surface area contributed by atoms with Crippen LogP contribution in [0.4, 0.5) is 0 Å². The van der Waals surface area contributed by atoms with E-state index in [1.54, 1.807) is 32.4 Å². The molecule has 4 rings (SSSR count). The first-order valence-electron chi connectivity index (χ1n) is 8.87. The number of ether oxygens (including phenoxy) is 2. The van der Waals surface area contributed by atoms with Gasteiger partial charge in [-0.15, -0.1) is 0 Å². The molecule has 0 fully saturated rings. The SMILES string of the molecule is COc1cc2c(cc1OC)C(c1oc(-c3cc(Cl)ccc3Cl)cc1C)=NCC2. The van der Waals surface area contributed by atoms with Gasteiger partial charge in [0.15, 0.2) is 17.3 Å². The summed E-state index contributed by atoms with van der Waals surface area (Å²) in [6.07, 6.45) is 0.839. The van der Waals surface area contributed by atoms with Crippen molar-refractivity contribution >= 4 is 28.9 Å². The van der Waals surface area contributed by atoms with E-state index in [0.717, 1.165) is 40.1 Å². The van der Waals surface area contributed by atoms with Crippen molar-refractivity contribution < 1.29 is 13.9 Å². The number of methoxy groups -OCH3 is 2. The van der Waals surface area contributed by atoms with Crippen molar-refractivity contribution in [2.45, 2.75) is 13.3 Å². The molecular formula is C22H19Cl2NO3. The standard InChI is InChI=1S/C22H19Cl2NO3/c1-12-8-18(16-10-14(23)4-5-17(16)24)28-22(12)21-15-11-20(27-3)19(26-2)9-13(15)6-7-25-21/h4-5,8-11H,6-7H2,1-3H3. The first-order chi connectivity index (χ1) is 13.5. The minimum atomic E-state index is 0.585. The molecule has 0 saturated heterocycles. The quantitative estimate of drug-likeness (QED) is 0.526. The van der Waals surface area contributed by atoms with E-state index in [1.165, 1.54) is 0 Å².